The van der Waals surface area contributed by atoms with Gasteiger partial charge in [0, 0.05) is 12.6 Å². The van der Waals surface area contributed by atoms with Crippen molar-refractivity contribution < 1.29 is 9.90 Å². The van der Waals surface area contributed by atoms with Crippen LogP contribution < -0.4 is 0 Å². The molecule has 1 rings (SSSR count). The molecule has 0 spiro atoms. The Bertz CT molecular complexity index is 222. The van der Waals surface area contributed by atoms with Crippen molar-refractivity contribution in [3.05, 3.63) is 0 Å². The van der Waals surface area contributed by atoms with E-state index in [1.165, 1.54) is 4.90 Å². The molecule has 12 heavy (non-hydrogen) atoms. The van der Waals surface area contributed by atoms with E-state index in [-0.39, 0.29) is 12.0 Å². The molecule has 66 valence electrons. The largest absolute Gasteiger partial charge is 0.465 e. The average molecular weight is 168 g/mol. The molecule has 0 bridgehead atoms. The second kappa shape index (κ2) is 3.44. The molecule has 0 saturated carbocycles. The van der Waals surface area contributed by atoms with Crippen LogP contribution >= 0.6 is 0 Å². The molecule has 1 N–H and O–H groups in total. The van der Waals surface area contributed by atoms with Gasteiger partial charge in [0.05, 0.1) is 12.0 Å². The maximum atomic E-state index is 10.6. The molecule has 1 aliphatic heterocycles. The number of hydrogen-bond donors (Lipinski definition) is 1. The van der Waals surface area contributed by atoms with E-state index in [4.69, 9.17) is 10.4 Å². The van der Waals surface area contributed by atoms with E-state index in [9.17, 15) is 4.79 Å². The highest BCUT2D eigenvalue weighted by Crippen LogP contribution is 2.20. The van der Waals surface area contributed by atoms with Crippen LogP contribution in [0.5, 0.6) is 0 Å². The van der Waals surface area contributed by atoms with Crippen molar-refractivity contribution in [2.75, 3.05) is 6.54 Å². The lowest BCUT2D eigenvalue weighted by Crippen LogP contribution is -2.44. The molecule has 4 heteroatoms. The first-order valence-electron chi connectivity index (χ1n) is 4.04. The van der Waals surface area contributed by atoms with Crippen LogP contribution in [0, 0.1) is 17.2 Å². The van der Waals surface area contributed by atoms with Gasteiger partial charge in [-0.1, -0.05) is 0 Å². The van der Waals surface area contributed by atoms with Gasteiger partial charge < -0.3 is 10.0 Å². The van der Waals surface area contributed by atoms with Gasteiger partial charge in [0.1, 0.15) is 0 Å². The molecule has 0 aromatic heterocycles. The number of carbonyl (C=O) groups is 1. The first-order chi connectivity index (χ1) is 5.65. The van der Waals surface area contributed by atoms with Crippen molar-refractivity contribution in [3.8, 4) is 6.07 Å². The predicted molar refractivity (Wildman–Crippen MR) is 42.5 cm³/mol. The van der Waals surface area contributed by atoms with Crippen molar-refractivity contribution in [2.24, 2.45) is 5.92 Å². The standard InChI is InChI=1S/C8H12N2O2/c1-6-2-3-7(4-9)5-10(6)8(11)12/h6-7H,2-3,5H2,1H3,(H,11,12). The van der Waals surface area contributed by atoms with Crippen LogP contribution in [-0.4, -0.2) is 28.7 Å². The Morgan fingerprint density at radius 3 is 2.83 bits per heavy atom. The minimum absolute atomic E-state index is 0.0621. The maximum Gasteiger partial charge on any atom is 0.407 e. The van der Waals surface area contributed by atoms with Gasteiger partial charge in [-0.2, -0.15) is 5.26 Å². The Balaban J connectivity index is 2.60. The van der Waals surface area contributed by atoms with E-state index in [0.29, 0.717) is 6.54 Å². The quantitative estimate of drug-likeness (QED) is 0.592. The monoisotopic (exact) mass is 168 g/mol. The molecule has 2 atom stereocenters. The van der Waals surface area contributed by atoms with Crippen molar-refractivity contribution in [2.45, 2.75) is 25.8 Å². The number of nitriles is 1. The summed E-state index contributed by atoms with van der Waals surface area (Å²) in [7, 11) is 0. The van der Waals surface area contributed by atoms with E-state index >= 15 is 0 Å². The maximum absolute atomic E-state index is 10.6. The smallest absolute Gasteiger partial charge is 0.407 e. The summed E-state index contributed by atoms with van der Waals surface area (Å²) in [5, 5.41) is 17.3. The fraction of sp³-hybridized carbons (Fsp3) is 0.750. The van der Waals surface area contributed by atoms with Crippen LogP contribution in [0.3, 0.4) is 0 Å². The van der Waals surface area contributed by atoms with Crippen LogP contribution in [0.4, 0.5) is 4.79 Å². The minimum Gasteiger partial charge on any atom is -0.465 e. The van der Waals surface area contributed by atoms with Crippen molar-refractivity contribution in [1.29, 1.82) is 5.26 Å². The van der Waals surface area contributed by atoms with E-state index in [0.717, 1.165) is 12.8 Å². The number of piperidine rings is 1. The molecule has 2 unspecified atom stereocenters. The van der Waals surface area contributed by atoms with Crippen LogP contribution in [0.25, 0.3) is 0 Å². The van der Waals surface area contributed by atoms with Gasteiger partial charge in [-0.3, -0.25) is 0 Å². The summed E-state index contributed by atoms with van der Waals surface area (Å²) in [6.07, 6.45) is 0.703. The van der Waals surface area contributed by atoms with Gasteiger partial charge in [-0.25, -0.2) is 4.79 Å². The molecular weight excluding hydrogens is 156 g/mol. The molecule has 0 aromatic carbocycles. The normalized spacial score (nSPS) is 29.5. The number of likely N-dealkylation sites (tertiary alicyclic amines) is 1. The van der Waals surface area contributed by atoms with Crippen LogP contribution in [0.15, 0.2) is 0 Å². The van der Waals surface area contributed by atoms with Gasteiger partial charge in [-0.15, -0.1) is 0 Å². The minimum atomic E-state index is -0.914. The highest BCUT2D eigenvalue weighted by molar-refractivity contribution is 5.65. The third-order valence-corrected chi connectivity index (χ3v) is 2.31. The molecule has 1 heterocycles. The lowest BCUT2D eigenvalue weighted by Gasteiger charge is -2.33. The SMILES string of the molecule is CC1CCC(C#N)CN1C(=O)O. The highest BCUT2D eigenvalue weighted by Gasteiger charge is 2.28. The Kier molecular flexibility index (Phi) is 2.54. The highest BCUT2D eigenvalue weighted by atomic mass is 16.4. The predicted octanol–water partition coefficient (Wildman–Crippen LogP) is 1.29. The fourth-order valence-corrected chi connectivity index (χ4v) is 1.48. The van der Waals surface area contributed by atoms with Gasteiger partial charge in [0.15, 0.2) is 0 Å². The molecule has 1 aliphatic rings. The number of nitrogens with zero attached hydrogens (tertiary/aromatic N) is 2. The van der Waals surface area contributed by atoms with Crippen molar-refractivity contribution in [1.82, 2.24) is 4.90 Å². The lowest BCUT2D eigenvalue weighted by molar-refractivity contribution is 0.102. The van der Waals surface area contributed by atoms with Crippen LogP contribution in [0.2, 0.25) is 0 Å². The molecule has 0 radical (unpaired) electrons. The molecular formula is C8H12N2O2. The molecule has 0 aliphatic carbocycles. The zero-order chi connectivity index (χ0) is 9.14. The summed E-state index contributed by atoms with van der Waals surface area (Å²) in [5.41, 5.74) is 0. The van der Waals surface area contributed by atoms with Gasteiger partial charge >= 0.3 is 6.09 Å². The summed E-state index contributed by atoms with van der Waals surface area (Å²) in [6, 6.07) is 2.17. The number of rotatable bonds is 0. The molecule has 1 saturated heterocycles. The van der Waals surface area contributed by atoms with Crippen molar-refractivity contribution in [3.63, 3.8) is 0 Å². The Hall–Kier alpha value is -1.24. The van der Waals surface area contributed by atoms with Crippen LogP contribution in [0.1, 0.15) is 19.8 Å². The number of hydrogen-bond acceptors (Lipinski definition) is 2. The molecule has 0 aromatic rings. The first kappa shape index (κ1) is 8.85. The summed E-state index contributed by atoms with van der Waals surface area (Å²) in [5.74, 6) is -0.114. The molecule has 4 nitrogen and oxygen atoms in total. The number of carboxylic acid groups (broad SMARTS) is 1. The Morgan fingerprint density at radius 2 is 2.33 bits per heavy atom. The van der Waals surface area contributed by atoms with E-state index < -0.39 is 6.09 Å². The number of amides is 1. The summed E-state index contributed by atoms with van der Waals surface area (Å²) < 4.78 is 0. The van der Waals surface area contributed by atoms with Gasteiger partial charge in [-0.05, 0) is 19.8 Å². The average Bonchev–Trinajstić information content (AvgIpc) is 2.05. The Morgan fingerprint density at radius 1 is 1.67 bits per heavy atom. The fourth-order valence-electron chi connectivity index (χ4n) is 1.48. The summed E-state index contributed by atoms with van der Waals surface area (Å²) in [4.78, 5) is 12.0. The van der Waals surface area contributed by atoms with Gasteiger partial charge in [0.2, 0.25) is 0 Å². The van der Waals surface area contributed by atoms with E-state index in [1.807, 2.05) is 6.92 Å². The Labute approximate surface area is 71.4 Å². The summed E-state index contributed by atoms with van der Waals surface area (Å²) >= 11 is 0. The van der Waals surface area contributed by atoms with Crippen molar-refractivity contribution >= 4 is 6.09 Å². The second-order valence-corrected chi connectivity index (χ2v) is 3.19. The van der Waals surface area contributed by atoms with E-state index in [2.05, 4.69) is 6.07 Å². The lowest BCUT2D eigenvalue weighted by atomic mass is 9.95. The second-order valence-electron chi connectivity index (χ2n) is 3.19. The first-order valence-corrected chi connectivity index (χ1v) is 4.04. The van der Waals surface area contributed by atoms with E-state index in [1.54, 1.807) is 0 Å². The third-order valence-electron chi connectivity index (χ3n) is 2.31. The third kappa shape index (κ3) is 1.67. The zero-order valence-electron chi connectivity index (χ0n) is 7.03. The topological polar surface area (TPSA) is 64.3 Å². The van der Waals surface area contributed by atoms with Crippen LogP contribution in [-0.2, 0) is 0 Å². The summed E-state index contributed by atoms with van der Waals surface area (Å²) in [6.45, 7) is 2.24. The van der Waals surface area contributed by atoms with Gasteiger partial charge in [0.25, 0.3) is 0 Å². The zero-order valence-corrected chi connectivity index (χ0v) is 7.03. The molecule has 1 amide bonds. The molecule has 1 fully saturated rings.